The molecule has 3 nitrogen and oxygen atoms in total. The minimum Gasteiger partial charge on any atom is -0.208 e. The van der Waals surface area contributed by atoms with Crippen LogP contribution in [0.4, 0.5) is 0 Å². The van der Waals surface area contributed by atoms with E-state index in [1.165, 1.54) is 64.5 Å². The van der Waals surface area contributed by atoms with Gasteiger partial charge in [0.2, 0.25) is 0 Å². The molecular weight excluding hydrogens is 687 g/mol. The van der Waals surface area contributed by atoms with Crippen molar-refractivity contribution >= 4 is 63.8 Å². The summed E-state index contributed by atoms with van der Waals surface area (Å²) in [5.41, 5.74) is 7.67. The first kappa shape index (κ1) is 31.5. The lowest BCUT2D eigenvalue weighted by molar-refractivity contribution is 1.08. The molecule has 0 N–H and O–H groups in total. The molecular formula is C51H31N3S. The Morgan fingerprint density at radius 1 is 0.255 bits per heavy atom. The highest BCUT2D eigenvalue weighted by atomic mass is 32.1. The standard InChI is InChI=1S/C51H31N3S/c1-3-13-32(14-4-1)33-25-27-35(28-26-33)50-52-49(34-15-5-2-6-16-34)53-51(54-50)45-24-12-23-44-43-22-11-21-37(47(43)55-48(44)45)36-29-30-42-40-19-8-7-17-38(40)39-18-9-10-20-41(39)46(42)31-36/h1-31H. The van der Waals surface area contributed by atoms with Gasteiger partial charge in [0.25, 0.3) is 0 Å². The maximum atomic E-state index is 5.18. The molecule has 9 aromatic carbocycles. The average Bonchev–Trinajstić information content (AvgIpc) is 3.66. The maximum Gasteiger partial charge on any atom is 0.165 e. The summed E-state index contributed by atoms with van der Waals surface area (Å²) in [4.78, 5) is 15.3. The van der Waals surface area contributed by atoms with Gasteiger partial charge in [0, 0.05) is 36.9 Å². The smallest absolute Gasteiger partial charge is 0.165 e. The number of hydrogen-bond donors (Lipinski definition) is 0. The van der Waals surface area contributed by atoms with Crippen LogP contribution in [0.15, 0.2) is 188 Å². The second-order valence-corrected chi connectivity index (χ2v) is 15.0. The summed E-state index contributed by atoms with van der Waals surface area (Å²) >= 11 is 1.82. The molecule has 0 atom stereocenters. The second kappa shape index (κ2) is 12.8. The van der Waals surface area contributed by atoms with Crippen LogP contribution in [-0.4, -0.2) is 15.0 Å². The summed E-state index contributed by atoms with van der Waals surface area (Å²) in [6.07, 6.45) is 0. The molecule has 2 aromatic heterocycles. The Hall–Kier alpha value is -7.01. The summed E-state index contributed by atoms with van der Waals surface area (Å²) in [6, 6.07) is 66.8. The number of fused-ring (bicyclic) bond motifs is 9. The van der Waals surface area contributed by atoms with Gasteiger partial charge in [-0.2, -0.15) is 0 Å². The number of thiophene rings is 1. The highest BCUT2D eigenvalue weighted by Crippen LogP contribution is 2.45. The Balaban J connectivity index is 1.09. The van der Waals surface area contributed by atoms with Crippen LogP contribution in [0.5, 0.6) is 0 Å². The maximum absolute atomic E-state index is 5.18. The van der Waals surface area contributed by atoms with Crippen molar-refractivity contribution in [3.8, 4) is 56.4 Å². The van der Waals surface area contributed by atoms with Gasteiger partial charge in [0.1, 0.15) is 0 Å². The number of hydrogen-bond acceptors (Lipinski definition) is 4. The van der Waals surface area contributed by atoms with Gasteiger partial charge in [0.05, 0.1) is 0 Å². The Labute approximate surface area is 321 Å². The van der Waals surface area contributed by atoms with E-state index in [9.17, 15) is 0 Å². The van der Waals surface area contributed by atoms with Gasteiger partial charge in [-0.3, -0.25) is 0 Å². The van der Waals surface area contributed by atoms with Crippen LogP contribution < -0.4 is 0 Å². The van der Waals surface area contributed by atoms with Crippen molar-refractivity contribution in [2.75, 3.05) is 0 Å². The molecule has 2 heterocycles. The minimum absolute atomic E-state index is 0.651. The van der Waals surface area contributed by atoms with Gasteiger partial charge < -0.3 is 0 Å². The largest absolute Gasteiger partial charge is 0.208 e. The average molecular weight is 718 g/mol. The van der Waals surface area contributed by atoms with E-state index in [-0.39, 0.29) is 0 Å². The van der Waals surface area contributed by atoms with Crippen molar-refractivity contribution in [1.82, 2.24) is 15.0 Å². The van der Waals surface area contributed by atoms with Gasteiger partial charge in [-0.15, -0.1) is 11.3 Å². The van der Waals surface area contributed by atoms with Gasteiger partial charge in [-0.1, -0.05) is 176 Å². The highest BCUT2D eigenvalue weighted by molar-refractivity contribution is 7.26. The quantitative estimate of drug-likeness (QED) is 0.166. The van der Waals surface area contributed by atoms with Crippen LogP contribution in [0.3, 0.4) is 0 Å². The topological polar surface area (TPSA) is 38.7 Å². The van der Waals surface area contributed by atoms with Crippen LogP contribution in [0.25, 0.3) is 109 Å². The number of rotatable bonds is 5. The van der Waals surface area contributed by atoms with Gasteiger partial charge in [0.15, 0.2) is 17.5 Å². The summed E-state index contributed by atoms with van der Waals surface area (Å²) < 4.78 is 2.42. The monoisotopic (exact) mass is 717 g/mol. The number of nitrogens with zero attached hydrogens (tertiary/aromatic N) is 3. The summed E-state index contributed by atoms with van der Waals surface area (Å²) in [5, 5.41) is 10.1. The van der Waals surface area contributed by atoms with Crippen LogP contribution in [0.2, 0.25) is 0 Å². The molecule has 0 unspecified atom stereocenters. The minimum atomic E-state index is 0.651. The van der Waals surface area contributed by atoms with Crippen molar-refractivity contribution < 1.29 is 0 Å². The third-order valence-electron chi connectivity index (χ3n) is 10.7. The first-order valence-corrected chi connectivity index (χ1v) is 19.3. The Bertz CT molecular complexity index is 3210. The third kappa shape index (κ3) is 5.30. The molecule has 256 valence electrons. The summed E-state index contributed by atoms with van der Waals surface area (Å²) in [7, 11) is 0. The first-order chi connectivity index (χ1) is 27.3. The normalized spacial score (nSPS) is 11.6. The zero-order chi connectivity index (χ0) is 36.3. The van der Waals surface area contributed by atoms with E-state index in [2.05, 4.69) is 164 Å². The van der Waals surface area contributed by atoms with Crippen LogP contribution in [-0.2, 0) is 0 Å². The van der Waals surface area contributed by atoms with Crippen molar-refractivity contribution in [2.45, 2.75) is 0 Å². The van der Waals surface area contributed by atoms with Gasteiger partial charge >= 0.3 is 0 Å². The zero-order valence-corrected chi connectivity index (χ0v) is 30.5. The van der Waals surface area contributed by atoms with Crippen LogP contribution in [0.1, 0.15) is 0 Å². The molecule has 0 fully saturated rings. The van der Waals surface area contributed by atoms with Crippen molar-refractivity contribution in [3.05, 3.63) is 188 Å². The molecule has 0 aliphatic rings. The van der Waals surface area contributed by atoms with Crippen molar-refractivity contribution in [3.63, 3.8) is 0 Å². The predicted molar refractivity (Wildman–Crippen MR) is 232 cm³/mol. The lowest BCUT2D eigenvalue weighted by atomic mass is 9.92. The molecule has 11 aromatic rings. The van der Waals surface area contributed by atoms with E-state index in [1.807, 2.05) is 35.6 Å². The van der Waals surface area contributed by atoms with Crippen molar-refractivity contribution in [1.29, 1.82) is 0 Å². The fourth-order valence-corrected chi connectivity index (χ4v) is 9.43. The summed E-state index contributed by atoms with van der Waals surface area (Å²) in [6.45, 7) is 0. The lowest BCUT2D eigenvalue weighted by Gasteiger charge is -2.12. The lowest BCUT2D eigenvalue weighted by Crippen LogP contribution is -2.00. The van der Waals surface area contributed by atoms with Crippen LogP contribution in [0, 0.1) is 0 Å². The molecule has 0 aliphatic heterocycles. The zero-order valence-electron chi connectivity index (χ0n) is 29.6. The molecule has 0 radical (unpaired) electrons. The third-order valence-corrected chi connectivity index (χ3v) is 12.0. The van der Waals surface area contributed by atoms with Crippen LogP contribution >= 0.6 is 11.3 Å². The fourth-order valence-electron chi connectivity index (χ4n) is 8.08. The highest BCUT2D eigenvalue weighted by Gasteiger charge is 2.19. The number of benzene rings is 9. The molecule has 4 heteroatoms. The van der Waals surface area contributed by atoms with Gasteiger partial charge in [-0.25, -0.2) is 15.0 Å². The predicted octanol–water partition coefficient (Wildman–Crippen LogP) is 14.0. The number of aromatic nitrogens is 3. The molecule has 0 aliphatic carbocycles. The summed E-state index contributed by atoms with van der Waals surface area (Å²) in [5.74, 6) is 1.97. The SMILES string of the molecule is c1ccc(-c2ccc(-c3nc(-c4ccccc4)nc(-c4cccc5c4sc4c(-c6ccc7c8ccccc8c8ccccc8c7c6)cccc45)n3)cc2)cc1. The molecule has 0 saturated carbocycles. The Morgan fingerprint density at radius 3 is 1.27 bits per heavy atom. The Morgan fingerprint density at radius 2 is 0.655 bits per heavy atom. The van der Waals surface area contributed by atoms with E-state index in [4.69, 9.17) is 15.0 Å². The molecule has 0 spiro atoms. The Kier molecular flexibility index (Phi) is 7.35. The van der Waals surface area contributed by atoms with E-state index in [1.54, 1.807) is 0 Å². The fraction of sp³-hybridized carbons (Fsp3) is 0. The van der Waals surface area contributed by atoms with E-state index < -0.39 is 0 Å². The molecule has 0 bridgehead atoms. The second-order valence-electron chi connectivity index (χ2n) is 13.9. The van der Waals surface area contributed by atoms with E-state index in [0.717, 1.165) is 27.0 Å². The van der Waals surface area contributed by atoms with Crippen molar-refractivity contribution in [2.24, 2.45) is 0 Å². The first-order valence-electron chi connectivity index (χ1n) is 18.5. The molecule has 0 saturated heterocycles. The molecule has 55 heavy (non-hydrogen) atoms. The van der Waals surface area contributed by atoms with E-state index in [0.29, 0.717) is 17.5 Å². The molecule has 0 amide bonds. The van der Waals surface area contributed by atoms with Gasteiger partial charge in [-0.05, 0) is 66.7 Å². The molecule has 11 rings (SSSR count). The van der Waals surface area contributed by atoms with E-state index >= 15 is 0 Å².